The molecule has 0 radical (unpaired) electrons. The van der Waals surface area contributed by atoms with Crippen molar-refractivity contribution in [3.63, 3.8) is 0 Å². The van der Waals surface area contributed by atoms with Crippen LogP contribution in [-0.4, -0.2) is 33.0 Å². The molecule has 0 spiro atoms. The SMILES string of the molecule is Cc1cc(O)c(CCCCCCCCCC(O)O)c(O)c1C=O. The minimum Gasteiger partial charge on any atom is -0.508 e. The Labute approximate surface area is 137 Å². The van der Waals surface area contributed by atoms with Crippen molar-refractivity contribution in [3.8, 4) is 11.5 Å². The Morgan fingerprint density at radius 2 is 1.57 bits per heavy atom. The number of aliphatic hydroxyl groups is 2. The molecule has 0 fully saturated rings. The monoisotopic (exact) mass is 324 g/mol. The molecule has 5 nitrogen and oxygen atoms in total. The summed E-state index contributed by atoms with van der Waals surface area (Å²) >= 11 is 0. The van der Waals surface area contributed by atoms with E-state index >= 15 is 0 Å². The zero-order valence-corrected chi connectivity index (χ0v) is 13.8. The molecular formula is C18H28O5. The summed E-state index contributed by atoms with van der Waals surface area (Å²) in [6, 6.07) is 1.52. The lowest BCUT2D eigenvalue weighted by atomic mass is 9.98. The maximum absolute atomic E-state index is 11.0. The Balaban J connectivity index is 2.28. The zero-order chi connectivity index (χ0) is 17.2. The Kier molecular flexibility index (Phi) is 8.66. The summed E-state index contributed by atoms with van der Waals surface area (Å²) in [5.41, 5.74) is 1.28. The van der Waals surface area contributed by atoms with Gasteiger partial charge in [-0.25, -0.2) is 0 Å². The van der Waals surface area contributed by atoms with E-state index in [0.717, 1.165) is 44.9 Å². The molecule has 0 saturated carbocycles. The van der Waals surface area contributed by atoms with Gasteiger partial charge in [0.2, 0.25) is 0 Å². The Morgan fingerprint density at radius 3 is 2.13 bits per heavy atom. The third kappa shape index (κ3) is 6.59. The molecule has 0 amide bonds. The van der Waals surface area contributed by atoms with Gasteiger partial charge >= 0.3 is 0 Å². The van der Waals surface area contributed by atoms with Crippen molar-refractivity contribution >= 4 is 6.29 Å². The maximum atomic E-state index is 11.0. The molecule has 130 valence electrons. The Morgan fingerprint density at radius 1 is 1.00 bits per heavy atom. The van der Waals surface area contributed by atoms with Crippen LogP contribution in [0.1, 0.15) is 72.9 Å². The minimum atomic E-state index is -1.19. The lowest BCUT2D eigenvalue weighted by Gasteiger charge is -2.11. The molecule has 4 N–H and O–H groups in total. The highest BCUT2D eigenvalue weighted by Gasteiger charge is 2.14. The standard InChI is InChI=1S/C18H28O5/c1-13-11-16(20)14(18(23)15(13)12-19)9-7-5-3-2-4-6-8-10-17(21)22/h11-12,17,20-23H,2-10H2,1H3. The van der Waals surface area contributed by atoms with Gasteiger partial charge in [-0.3, -0.25) is 4.79 Å². The molecule has 0 aromatic heterocycles. The van der Waals surface area contributed by atoms with E-state index in [2.05, 4.69) is 0 Å². The normalized spacial score (nSPS) is 11.1. The first-order valence-corrected chi connectivity index (χ1v) is 8.33. The number of carbonyl (C=O) groups excluding carboxylic acids is 1. The number of hydrogen-bond acceptors (Lipinski definition) is 5. The summed E-state index contributed by atoms with van der Waals surface area (Å²) in [4.78, 5) is 11.0. The van der Waals surface area contributed by atoms with Crippen LogP contribution in [0.5, 0.6) is 11.5 Å². The van der Waals surface area contributed by atoms with Crippen molar-refractivity contribution in [1.29, 1.82) is 0 Å². The molecule has 0 aliphatic carbocycles. The first kappa shape index (κ1) is 19.5. The predicted octanol–water partition coefficient (Wildman–Crippen LogP) is 3.19. The van der Waals surface area contributed by atoms with Crippen molar-refractivity contribution in [3.05, 3.63) is 22.8 Å². The maximum Gasteiger partial charge on any atom is 0.154 e. The molecule has 1 rings (SSSR count). The second-order valence-electron chi connectivity index (χ2n) is 6.07. The number of benzene rings is 1. The highest BCUT2D eigenvalue weighted by molar-refractivity contribution is 5.83. The highest BCUT2D eigenvalue weighted by atomic mass is 16.5. The van der Waals surface area contributed by atoms with Crippen LogP contribution in [0.15, 0.2) is 6.07 Å². The summed E-state index contributed by atoms with van der Waals surface area (Å²) in [5, 5.41) is 37.4. The van der Waals surface area contributed by atoms with E-state index in [4.69, 9.17) is 10.2 Å². The van der Waals surface area contributed by atoms with E-state index < -0.39 is 6.29 Å². The van der Waals surface area contributed by atoms with Crippen LogP contribution in [0.3, 0.4) is 0 Å². The molecule has 1 aromatic carbocycles. The van der Waals surface area contributed by atoms with Crippen LogP contribution in [0.4, 0.5) is 0 Å². The number of unbranched alkanes of at least 4 members (excludes halogenated alkanes) is 6. The van der Waals surface area contributed by atoms with Crippen molar-refractivity contribution in [2.24, 2.45) is 0 Å². The van der Waals surface area contributed by atoms with Gasteiger partial charge < -0.3 is 20.4 Å². The van der Waals surface area contributed by atoms with E-state index in [1.165, 1.54) is 6.07 Å². The summed E-state index contributed by atoms with van der Waals surface area (Å²) in [6.07, 6.45) is 7.31. The summed E-state index contributed by atoms with van der Waals surface area (Å²) in [5.74, 6) is -0.0479. The molecule has 5 heteroatoms. The first-order chi connectivity index (χ1) is 11.0. The van der Waals surface area contributed by atoms with Crippen LogP contribution in [0, 0.1) is 6.92 Å². The molecule has 0 atom stereocenters. The largest absolute Gasteiger partial charge is 0.508 e. The molecule has 0 heterocycles. The molecular weight excluding hydrogens is 296 g/mol. The van der Waals surface area contributed by atoms with Gasteiger partial charge in [-0.2, -0.15) is 0 Å². The summed E-state index contributed by atoms with van der Waals surface area (Å²) < 4.78 is 0. The van der Waals surface area contributed by atoms with Crippen LogP contribution in [0.25, 0.3) is 0 Å². The van der Waals surface area contributed by atoms with Crippen molar-refractivity contribution in [1.82, 2.24) is 0 Å². The average Bonchev–Trinajstić information content (AvgIpc) is 2.48. The predicted molar refractivity (Wildman–Crippen MR) is 88.8 cm³/mol. The number of phenols is 2. The van der Waals surface area contributed by atoms with Gasteiger partial charge in [-0.1, -0.05) is 32.1 Å². The highest BCUT2D eigenvalue weighted by Crippen LogP contribution is 2.33. The fourth-order valence-electron chi connectivity index (χ4n) is 2.75. The lowest BCUT2D eigenvalue weighted by Crippen LogP contribution is -2.02. The van der Waals surface area contributed by atoms with Gasteiger partial charge in [0.05, 0.1) is 5.56 Å². The first-order valence-electron chi connectivity index (χ1n) is 8.33. The zero-order valence-electron chi connectivity index (χ0n) is 13.8. The van der Waals surface area contributed by atoms with Gasteiger partial charge in [0.1, 0.15) is 11.5 Å². The van der Waals surface area contributed by atoms with Gasteiger partial charge in [0, 0.05) is 5.56 Å². The minimum absolute atomic E-state index is 0.0492. The van der Waals surface area contributed by atoms with Crippen molar-refractivity contribution in [2.75, 3.05) is 0 Å². The fraction of sp³-hybridized carbons (Fsp3) is 0.611. The van der Waals surface area contributed by atoms with E-state index in [1.54, 1.807) is 6.92 Å². The molecule has 0 bridgehead atoms. The lowest BCUT2D eigenvalue weighted by molar-refractivity contribution is -0.0466. The van der Waals surface area contributed by atoms with E-state index in [9.17, 15) is 15.0 Å². The van der Waals surface area contributed by atoms with Gasteiger partial charge in [-0.05, 0) is 44.2 Å². The van der Waals surface area contributed by atoms with Crippen LogP contribution in [0.2, 0.25) is 0 Å². The molecule has 0 aliphatic rings. The van der Waals surface area contributed by atoms with Gasteiger partial charge in [-0.15, -0.1) is 0 Å². The van der Waals surface area contributed by atoms with E-state index in [1.807, 2.05) is 0 Å². The van der Waals surface area contributed by atoms with Gasteiger partial charge in [0.25, 0.3) is 0 Å². The van der Waals surface area contributed by atoms with E-state index in [0.29, 0.717) is 30.3 Å². The molecule has 0 unspecified atom stereocenters. The van der Waals surface area contributed by atoms with Crippen LogP contribution in [-0.2, 0) is 6.42 Å². The average molecular weight is 324 g/mol. The van der Waals surface area contributed by atoms with Crippen molar-refractivity contribution in [2.45, 2.75) is 71.0 Å². The summed E-state index contributed by atoms with van der Waals surface area (Å²) in [7, 11) is 0. The number of hydrogen-bond donors (Lipinski definition) is 4. The topological polar surface area (TPSA) is 98.0 Å². The quantitative estimate of drug-likeness (QED) is 0.285. The summed E-state index contributed by atoms with van der Waals surface area (Å²) in [6.45, 7) is 1.68. The van der Waals surface area contributed by atoms with Crippen LogP contribution >= 0.6 is 0 Å². The third-order valence-electron chi connectivity index (χ3n) is 4.14. The fourth-order valence-corrected chi connectivity index (χ4v) is 2.75. The van der Waals surface area contributed by atoms with E-state index in [-0.39, 0.29) is 17.1 Å². The molecule has 0 saturated heterocycles. The van der Waals surface area contributed by atoms with Gasteiger partial charge in [0.15, 0.2) is 12.6 Å². The van der Waals surface area contributed by atoms with Crippen molar-refractivity contribution < 1.29 is 25.2 Å². The second-order valence-corrected chi connectivity index (χ2v) is 6.07. The number of phenolic OH excluding ortho intramolecular Hbond substituents is 2. The Bertz CT molecular complexity index is 497. The van der Waals surface area contributed by atoms with Crippen LogP contribution < -0.4 is 0 Å². The number of aliphatic hydroxyl groups excluding tert-OH is 1. The number of aromatic hydroxyl groups is 2. The number of carbonyl (C=O) groups is 1. The second kappa shape index (κ2) is 10.2. The smallest absolute Gasteiger partial charge is 0.154 e. The number of rotatable bonds is 11. The Hall–Kier alpha value is -1.59. The molecule has 1 aromatic rings. The molecule has 0 aliphatic heterocycles. The number of aldehydes is 1. The third-order valence-corrected chi connectivity index (χ3v) is 4.14. The molecule has 23 heavy (non-hydrogen) atoms. The number of aryl methyl sites for hydroxylation is 1.